The van der Waals surface area contributed by atoms with Crippen LogP contribution in [-0.2, 0) is 0 Å². The van der Waals surface area contributed by atoms with Gasteiger partial charge in [0.15, 0.2) is 0 Å². The molecule has 0 fully saturated rings. The lowest BCUT2D eigenvalue weighted by Crippen LogP contribution is -2.34. The summed E-state index contributed by atoms with van der Waals surface area (Å²) < 4.78 is 50.5. The van der Waals surface area contributed by atoms with Crippen molar-refractivity contribution < 1.29 is 17.6 Å². The van der Waals surface area contributed by atoms with Crippen molar-refractivity contribution in [1.82, 2.24) is 0 Å². The van der Waals surface area contributed by atoms with Crippen LogP contribution in [0.3, 0.4) is 0 Å². The lowest BCUT2D eigenvalue weighted by Gasteiger charge is -2.25. The molecular weight excluding hydrogens is 248 g/mol. The molecule has 0 aromatic heterocycles. The van der Waals surface area contributed by atoms with E-state index in [-0.39, 0.29) is 17.8 Å². The fraction of sp³-hybridized carbons (Fsp3) is 0.417. The van der Waals surface area contributed by atoms with Crippen LogP contribution in [0.25, 0.3) is 0 Å². The summed E-state index contributed by atoms with van der Waals surface area (Å²) in [5.41, 5.74) is -0.0483. The lowest BCUT2D eigenvalue weighted by atomic mass is 10.2. The predicted molar refractivity (Wildman–Crippen MR) is 59.7 cm³/mol. The molecule has 0 spiro atoms. The van der Waals surface area contributed by atoms with Gasteiger partial charge in [-0.3, -0.25) is 0 Å². The van der Waals surface area contributed by atoms with Crippen molar-refractivity contribution in [3.63, 3.8) is 0 Å². The third kappa shape index (κ3) is 3.91. The highest BCUT2D eigenvalue weighted by Crippen LogP contribution is 2.24. The molecule has 1 rings (SSSR count). The highest BCUT2D eigenvalue weighted by Gasteiger charge is 2.30. The summed E-state index contributed by atoms with van der Waals surface area (Å²) in [7, 11) is 0. The minimum atomic E-state index is -4.35. The number of alkyl halides is 3. The van der Waals surface area contributed by atoms with E-state index in [2.05, 4.69) is 0 Å². The Balaban J connectivity index is 2.99. The summed E-state index contributed by atoms with van der Waals surface area (Å²) in [6, 6.07) is 5.09. The number of hydrogen-bond donors (Lipinski definition) is 0. The highest BCUT2D eigenvalue weighted by atomic mass is 19.4. The van der Waals surface area contributed by atoms with Crippen LogP contribution in [0.15, 0.2) is 18.2 Å². The van der Waals surface area contributed by atoms with Gasteiger partial charge in [-0.25, -0.2) is 4.39 Å². The van der Waals surface area contributed by atoms with Crippen LogP contribution in [0.4, 0.5) is 23.2 Å². The van der Waals surface area contributed by atoms with E-state index in [1.165, 1.54) is 12.1 Å². The molecule has 0 radical (unpaired) electrons. The molecule has 18 heavy (non-hydrogen) atoms. The first-order chi connectivity index (χ1) is 8.37. The van der Waals surface area contributed by atoms with E-state index in [0.717, 1.165) is 11.0 Å². The summed E-state index contributed by atoms with van der Waals surface area (Å²) in [6.07, 6.45) is -3.84. The molecule has 6 heteroatoms. The van der Waals surface area contributed by atoms with E-state index < -0.39 is 18.5 Å². The monoisotopic (exact) mass is 260 g/mol. The van der Waals surface area contributed by atoms with Gasteiger partial charge in [0.25, 0.3) is 0 Å². The van der Waals surface area contributed by atoms with Gasteiger partial charge in [-0.15, -0.1) is 0 Å². The van der Waals surface area contributed by atoms with E-state index in [0.29, 0.717) is 6.42 Å². The van der Waals surface area contributed by atoms with E-state index in [1.54, 1.807) is 13.0 Å². The largest absolute Gasteiger partial charge is 0.405 e. The Morgan fingerprint density at radius 3 is 2.44 bits per heavy atom. The molecular formula is C12H12F4N2. The zero-order chi connectivity index (χ0) is 13.8. The van der Waals surface area contributed by atoms with Crippen LogP contribution in [0, 0.1) is 17.1 Å². The number of rotatable bonds is 4. The molecule has 1 aromatic carbocycles. The zero-order valence-corrected chi connectivity index (χ0v) is 9.76. The first kappa shape index (κ1) is 14.3. The van der Waals surface area contributed by atoms with Gasteiger partial charge in [0.2, 0.25) is 0 Å². The highest BCUT2D eigenvalue weighted by molar-refractivity contribution is 5.50. The maximum atomic E-state index is 13.4. The topological polar surface area (TPSA) is 27.0 Å². The molecule has 0 heterocycles. The van der Waals surface area contributed by atoms with Gasteiger partial charge in [0.05, 0.1) is 5.56 Å². The number of benzene rings is 1. The molecule has 0 unspecified atom stereocenters. The lowest BCUT2D eigenvalue weighted by molar-refractivity contribution is -0.119. The van der Waals surface area contributed by atoms with Crippen LogP contribution in [-0.4, -0.2) is 19.3 Å². The molecule has 0 aliphatic heterocycles. The first-order valence-corrected chi connectivity index (χ1v) is 5.38. The summed E-state index contributed by atoms with van der Waals surface area (Å²) in [5.74, 6) is -0.807. The van der Waals surface area contributed by atoms with Crippen molar-refractivity contribution in [3.05, 3.63) is 29.6 Å². The van der Waals surface area contributed by atoms with E-state index >= 15 is 0 Å². The Morgan fingerprint density at radius 2 is 2.00 bits per heavy atom. The number of nitriles is 1. The van der Waals surface area contributed by atoms with Crippen molar-refractivity contribution in [2.24, 2.45) is 0 Å². The Bertz CT molecular complexity index is 448. The van der Waals surface area contributed by atoms with Gasteiger partial charge >= 0.3 is 6.18 Å². The van der Waals surface area contributed by atoms with Crippen molar-refractivity contribution >= 4 is 5.69 Å². The number of anilines is 1. The van der Waals surface area contributed by atoms with Gasteiger partial charge in [0.1, 0.15) is 18.4 Å². The molecule has 0 aliphatic rings. The van der Waals surface area contributed by atoms with E-state index in [4.69, 9.17) is 5.26 Å². The summed E-state index contributed by atoms with van der Waals surface area (Å²) in [5, 5.41) is 8.55. The van der Waals surface area contributed by atoms with Gasteiger partial charge in [0, 0.05) is 12.2 Å². The van der Waals surface area contributed by atoms with Crippen LogP contribution >= 0.6 is 0 Å². The number of nitrogens with zero attached hydrogens (tertiary/aromatic N) is 2. The molecule has 0 bridgehead atoms. The quantitative estimate of drug-likeness (QED) is 0.775. The SMILES string of the molecule is CCCN(CC(F)(F)F)c1ccc(C#N)c(F)c1. The van der Waals surface area contributed by atoms with Gasteiger partial charge in [-0.05, 0) is 24.6 Å². The minimum Gasteiger partial charge on any atom is -0.363 e. The molecule has 1 aromatic rings. The first-order valence-electron chi connectivity index (χ1n) is 5.38. The molecule has 0 amide bonds. The number of halogens is 4. The standard InChI is InChI=1S/C12H12F4N2/c1-2-5-18(8-12(14,15)16)10-4-3-9(7-17)11(13)6-10/h3-4,6H,2,5,8H2,1H3. The molecule has 0 saturated carbocycles. The molecule has 0 N–H and O–H groups in total. The molecule has 0 atom stereocenters. The summed E-state index contributed by atoms with van der Waals surface area (Å²) in [6.45, 7) is 0.778. The minimum absolute atomic E-state index is 0.130. The zero-order valence-electron chi connectivity index (χ0n) is 9.76. The fourth-order valence-electron chi connectivity index (χ4n) is 1.58. The van der Waals surface area contributed by atoms with E-state index in [9.17, 15) is 17.6 Å². The maximum Gasteiger partial charge on any atom is 0.405 e. The average Bonchev–Trinajstić information content (AvgIpc) is 2.26. The van der Waals surface area contributed by atoms with Crippen LogP contribution in [0.1, 0.15) is 18.9 Å². The van der Waals surface area contributed by atoms with Crippen LogP contribution in [0.5, 0.6) is 0 Å². The predicted octanol–water partition coefficient (Wildman–Crippen LogP) is 3.48. The van der Waals surface area contributed by atoms with Crippen molar-refractivity contribution in [1.29, 1.82) is 5.26 Å². The normalized spacial score (nSPS) is 11.1. The second kappa shape index (κ2) is 5.71. The third-order valence-electron chi connectivity index (χ3n) is 2.30. The van der Waals surface area contributed by atoms with Crippen molar-refractivity contribution in [2.45, 2.75) is 19.5 Å². The molecule has 2 nitrogen and oxygen atoms in total. The van der Waals surface area contributed by atoms with Gasteiger partial charge in [-0.2, -0.15) is 18.4 Å². The van der Waals surface area contributed by atoms with Gasteiger partial charge < -0.3 is 4.90 Å². The molecule has 0 aliphatic carbocycles. The molecule has 98 valence electrons. The average molecular weight is 260 g/mol. The van der Waals surface area contributed by atoms with Crippen LogP contribution in [0.2, 0.25) is 0 Å². The second-order valence-electron chi connectivity index (χ2n) is 3.81. The fourth-order valence-corrected chi connectivity index (χ4v) is 1.58. The Morgan fingerprint density at radius 1 is 1.33 bits per heavy atom. The van der Waals surface area contributed by atoms with Crippen LogP contribution < -0.4 is 4.90 Å². The Hall–Kier alpha value is -1.77. The van der Waals surface area contributed by atoms with Crippen molar-refractivity contribution in [2.75, 3.05) is 18.0 Å². The van der Waals surface area contributed by atoms with E-state index in [1.807, 2.05) is 0 Å². The smallest absolute Gasteiger partial charge is 0.363 e. The molecule has 0 saturated heterocycles. The Kier molecular flexibility index (Phi) is 4.54. The maximum absolute atomic E-state index is 13.4. The number of hydrogen-bond acceptors (Lipinski definition) is 2. The summed E-state index contributed by atoms with van der Waals surface area (Å²) in [4.78, 5) is 1.05. The summed E-state index contributed by atoms with van der Waals surface area (Å²) >= 11 is 0. The third-order valence-corrected chi connectivity index (χ3v) is 2.30. The Labute approximate surface area is 102 Å². The van der Waals surface area contributed by atoms with Crippen molar-refractivity contribution in [3.8, 4) is 6.07 Å². The second-order valence-corrected chi connectivity index (χ2v) is 3.81. The van der Waals surface area contributed by atoms with Gasteiger partial charge in [-0.1, -0.05) is 6.92 Å².